The number of carboxylic acid groups (broad SMARTS) is 1. The largest absolute Gasteiger partial charge is 0.477 e. The molecule has 0 unspecified atom stereocenters. The van der Waals surface area contributed by atoms with E-state index in [0.717, 1.165) is 9.88 Å². The quantitative estimate of drug-likeness (QED) is 0.814. The Bertz CT molecular complexity index is 515. The van der Waals surface area contributed by atoms with Crippen molar-refractivity contribution in [3.8, 4) is 11.3 Å². The van der Waals surface area contributed by atoms with Crippen molar-refractivity contribution in [3.63, 3.8) is 0 Å². The van der Waals surface area contributed by atoms with Crippen LogP contribution in [-0.4, -0.2) is 26.3 Å². The second kappa shape index (κ2) is 3.47. The summed E-state index contributed by atoms with van der Waals surface area (Å²) < 4.78 is 0. The lowest BCUT2D eigenvalue weighted by atomic mass is 10.1. The van der Waals surface area contributed by atoms with Crippen LogP contribution in [0.2, 0.25) is 0 Å². The summed E-state index contributed by atoms with van der Waals surface area (Å²) in [6.45, 7) is 3.81. The molecule has 2 N–H and O–H groups in total. The van der Waals surface area contributed by atoms with E-state index in [-0.39, 0.29) is 5.69 Å². The maximum atomic E-state index is 10.9. The Morgan fingerprint density at radius 3 is 2.80 bits per heavy atom. The Kier molecular flexibility index (Phi) is 2.28. The van der Waals surface area contributed by atoms with E-state index in [9.17, 15) is 4.79 Å². The average Bonchev–Trinajstić information content (AvgIpc) is 2.71. The minimum Gasteiger partial charge on any atom is -0.477 e. The van der Waals surface area contributed by atoms with Crippen LogP contribution in [0.15, 0.2) is 6.20 Å². The molecule has 0 aliphatic rings. The maximum Gasteiger partial charge on any atom is 0.354 e. The van der Waals surface area contributed by atoms with Crippen LogP contribution in [0.1, 0.15) is 20.4 Å². The molecule has 0 atom stereocenters. The minimum atomic E-state index is -1.02. The van der Waals surface area contributed by atoms with Gasteiger partial charge in [0.1, 0.15) is 0 Å². The van der Waals surface area contributed by atoms with Gasteiger partial charge in [-0.25, -0.2) is 9.78 Å². The third kappa shape index (κ3) is 1.63. The zero-order valence-corrected chi connectivity index (χ0v) is 9.05. The molecule has 2 aromatic heterocycles. The van der Waals surface area contributed by atoms with Crippen LogP contribution < -0.4 is 0 Å². The van der Waals surface area contributed by atoms with Gasteiger partial charge in [-0.1, -0.05) is 0 Å². The van der Waals surface area contributed by atoms with Gasteiger partial charge in [-0.05, 0) is 13.8 Å². The van der Waals surface area contributed by atoms with Crippen LogP contribution in [0.5, 0.6) is 0 Å². The van der Waals surface area contributed by atoms with Crippen LogP contribution in [0.25, 0.3) is 11.3 Å². The summed E-state index contributed by atoms with van der Waals surface area (Å²) in [5.41, 5.74) is 1.33. The third-order valence-corrected chi connectivity index (χ3v) is 2.90. The maximum absolute atomic E-state index is 10.9. The van der Waals surface area contributed by atoms with E-state index in [2.05, 4.69) is 15.2 Å². The summed E-state index contributed by atoms with van der Waals surface area (Å²) in [5.74, 6) is -1.02. The van der Waals surface area contributed by atoms with Gasteiger partial charge < -0.3 is 5.11 Å². The lowest BCUT2D eigenvalue weighted by molar-refractivity contribution is 0.0691. The monoisotopic (exact) mass is 223 g/mol. The molecule has 0 spiro atoms. The highest BCUT2D eigenvalue weighted by atomic mass is 32.1. The van der Waals surface area contributed by atoms with Gasteiger partial charge in [0.15, 0.2) is 5.69 Å². The van der Waals surface area contributed by atoms with E-state index in [1.54, 1.807) is 11.3 Å². The molecule has 2 rings (SSSR count). The Hall–Kier alpha value is -1.69. The van der Waals surface area contributed by atoms with Gasteiger partial charge in [0.2, 0.25) is 0 Å². The smallest absolute Gasteiger partial charge is 0.354 e. The predicted octanol–water partition coefficient (Wildman–Crippen LogP) is 1.85. The summed E-state index contributed by atoms with van der Waals surface area (Å²) in [4.78, 5) is 16.2. The Morgan fingerprint density at radius 1 is 1.53 bits per heavy atom. The molecule has 78 valence electrons. The molecular weight excluding hydrogens is 214 g/mol. The lowest BCUT2D eigenvalue weighted by Gasteiger charge is -1.95. The van der Waals surface area contributed by atoms with E-state index in [1.807, 2.05) is 13.8 Å². The number of thiazole rings is 1. The van der Waals surface area contributed by atoms with Crippen molar-refractivity contribution in [2.75, 3.05) is 0 Å². The van der Waals surface area contributed by atoms with Gasteiger partial charge in [0.25, 0.3) is 0 Å². The molecule has 0 fully saturated rings. The van der Waals surface area contributed by atoms with E-state index in [4.69, 9.17) is 5.11 Å². The number of hydrogen-bond donors (Lipinski definition) is 2. The third-order valence-electron chi connectivity index (χ3n) is 2.01. The van der Waals surface area contributed by atoms with Crippen molar-refractivity contribution < 1.29 is 9.90 Å². The van der Waals surface area contributed by atoms with Gasteiger partial charge in [-0.15, -0.1) is 11.3 Å². The van der Waals surface area contributed by atoms with Crippen molar-refractivity contribution in [2.24, 2.45) is 0 Å². The topological polar surface area (TPSA) is 78.9 Å². The fourth-order valence-corrected chi connectivity index (χ4v) is 2.24. The number of aromatic nitrogens is 3. The normalized spacial score (nSPS) is 10.5. The molecule has 0 amide bonds. The molecule has 0 radical (unpaired) electrons. The zero-order valence-electron chi connectivity index (χ0n) is 8.24. The van der Waals surface area contributed by atoms with Gasteiger partial charge in [-0.3, -0.25) is 5.10 Å². The summed E-state index contributed by atoms with van der Waals surface area (Å²) in [6.07, 6.45) is 1.49. The molecule has 0 saturated carbocycles. The van der Waals surface area contributed by atoms with Crippen LogP contribution >= 0.6 is 11.3 Å². The molecule has 0 bridgehead atoms. The highest BCUT2D eigenvalue weighted by molar-refractivity contribution is 7.11. The van der Waals surface area contributed by atoms with Gasteiger partial charge in [0.05, 0.1) is 22.5 Å². The van der Waals surface area contributed by atoms with Crippen LogP contribution in [0, 0.1) is 13.8 Å². The molecule has 0 aromatic carbocycles. The fourth-order valence-electron chi connectivity index (χ4n) is 1.41. The zero-order chi connectivity index (χ0) is 11.0. The Labute approximate surface area is 89.8 Å². The first kappa shape index (κ1) is 9.85. The summed E-state index contributed by atoms with van der Waals surface area (Å²) in [5, 5.41) is 16.0. The number of hydrogen-bond acceptors (Lipinski definition) is 4. The molecular formula is C9H9N3O2S. The van der Waals surface area contributed by atoms with Gasteiger partial charge >= 0.3 is 5.97 Å². The number of carboxylic acids is 1. The van der Waals surface area contributed by atoms with E-state index in [0.29, 0.717) is 11.3 Å². The summed E-state index contributed by atoms with van der Waals surface area (Å²) >= 11 is 1.54. The van der Waals surface area contributed by atoms with Crippen molar-refractivity contribution in [2.45, 2.75) is 13.8 Å². The molecule has 2 heterocycles. The number of aryl methyl sites for hydroxylation is 2. The summed E-state index contributed by atoms with van der Waals surface area (Å²) in [7, 11) is 0. The fraction of sp³-hybridized carbons (Fsp3) is 0.222. The second-order valence-electron chi connectivity index (χ2n) is 3.10. The predicted molar refractivity (Wildman–Crippen MR) is 56.1 cm³/mol. The van der Waals surface area contributed by atoms with Crippen LogP contribution in [-0.2, 0) is 0 Å². The average molecular weight is 223 g/mol. The number of aromatic amines is 1. The second-order valence-corrected chi connectivity index (χ2v) is 4.51. The molecule has 0 aliphatic carbocycles. The number of nitrogens with zero attached hydrogens (tertiary/aromatic N) is 2. The van der Waals surface area contributed by atoms with E-state index >= 15 is 0 Å². The molecule has 5 nitrogen and oxygen atoms in total. The van der Waals surface area contributed by atoms with Crippen molar-refractivity contribution in [1.82, 2.24) is 15.2 Å². The standard InChI is InChI=1S/C9H9N3O2S/c1-4-7(11-5(2)15-4)6-3-10-12-8(6)9(13)14/h3H,1-2H3,(H,10,12)(H,13,14). The molecule has 0 saturated heterocycles. The first-order valence-electron chi connectivity index (χ1n) is 4.30. The van der Waals surface area contributed by atoms with Crippen molar-refractivity contribution in [1.29, 1.82) is 0 Å². The van der Waals surface area contributed by atoms with Crippen LogP contribution in [0.3, 0.4) is 0 Å². The first-order valence-corrected chi connectivity index (χ1v) is 5.12. The number of rotatable bonds is 2. The van der Waals surface area contributed by atoms with Gasteiger partial charge in [0, 0.05) is 4.88 Å². The molecule has 6 heteroatoms. The highest BCUT2D eigenvalue weighted by Crippen LogP contribution is 2.28. The lowest BCUT2D eigenvalue weighted by Crippen LogP contribution is -1.99. The number of nitrogens with one attached hydrogen (secondary N) is 1. The van der Waals surface area contributed by atoms with Gasteiger partial charge in [-0.2, -0.15) is 5.10 Å². The number of aromatic carboxylic acids is 1. The SMILES string of the molecule is Cc1nc(-c2cn[nH]c2C(=O)O)c(C)s1. The number of H-pyrrole nitrogens is 1. The van der Waals surface area contributed by atoms with E-state index < -0.39 is 5.97 Å². The first-order chi connectivity index (χ1) is 7.09. The van der Waals surface area contributed by atoms with Crippen LogP contribution in [0.4, 0.5) is 0 Å². The molecule has 2 aromatic rings. The minimum absolute atomic E-state index is 0.0865. The summed E-state index contributed by atoms with van der Waals surface area (Å²) in [6, 6.07) is 0. The van der Waals surface area contributed by atoms with E-state index in [1.165, 1.54) is 6.20 Å². The van der Waals surface area contributed by atoms with Crippen molar-refractivity contribution >= 4 is 17.3 Å². The Balaban J connectivity index is 2.58. The van der Waals surface area contributed by atoms with Crippen molar-refractivity contribution in [3.05, 3.63) is 21.8 Å². The number of carbonyl (C=O) groups is 1. The highest BCUT2D eigenvalue weighted by Gasteiger charge is 2.18. The Morgan fingerprint density at radius 2 is 2.27 bits per heavy atom. The molecule has 15 heavy (non-hydrogen) atoms. The molecule has 0 aliphatic heterocycles.